The second-order valence-electron chi connectivity index (χ2n) is 0. The second-order valence-corrected chi connectivity index (χ2v) is 0. The fourth-order valence-electron chi connectivity index (χ4n) is 0. The summed E-state index contributed by atoms with van der Waals surface area (Å²) in [4.78, 5) is 0. The van der Waals surface area contributed by atoms with E-state index in [1.807, 2.05) is 0 Å². The average Bonchev–Trinajstić information content (AvgIpc) is 0. The SMILES string of the molecule is [Cr].[Fe].[Mo].[SiH2]. The normalized spacial score (nSPS) is 0. The van der Waals surface area contributed by atoms with Gasteiger partial charge in [-0.1, -0.05) is 0 Å². The van der Waals surface area contributed by atoms with Gasteiger partial charge in [-0.05, 0) is 11.0 Å². The first-order chi connectivity index (χ1) is 0. The molecule has 0 amide bonds. The molecule has 0 spiro atoms. The van der Waals surface area contributed by atoms with Gasteiger partial charge in [0.05, 0.1) is 0 Å². The quantitative estimate of drug-likeness (QED) is 0.475. The van der Waals surface area contributed by atoms with Gasteiger partial charge < -0.3 is 0 Å². The van der Waals surface area contributed by atoms with Crippen molar-refractivity contribution in [2.24, 2.45) is 0 Å². The second kappa shape index (κ2) is 20.3. The van der Waals surface area contributed by atoms with Gasteiger partial charge in [0.1, 0.15) is 0 Å². The molecule has 0 aliphatic carbocycles. The van der Waals surface area contributed by atoms with Crippen LogP contribution in [-0.4, -0.2) is 11.0 Å². The summed E-state index contributed by atoms with van der Waals surface area (Å²) < 4.78 is 0. The van der Waals surface area contributed by atoms with Crippen LogP contribution in [0.2, 0.25) is 0 Å². The fraction of sp³-hybridized carbons (Fsp3) is 0. The van der Waals surface area contributed by atoms with E-state index < -0.39 is 0 Å². The molecule has 0 N–H and O–H groups in total. The molecule has 0 aromatic carbocycles. The number of hydrogen-bond donors (Lipinski definition) is 0. The Kier molecular flexibility index (Phi) is 194. The Balaban J connectivity index is 0. The van der Waals surface area contributed by atoms with Crippen LogP contribution < -0.4 is 0 Å². The first kappa shape index (κ1) is 38.2. The van der Waals surface area contributed by atoms with Crippen molar-refractivity contribution in [2.75, 3.05) is 0 Å². The van der Waals surface area contributed by atoms with Gasteiger partial charge in [0.25, 0.3) is 0 Å². The molecule has 0 saturated carbocycles. The Bertz CT molecular complexity index is 8.00. The molecule has 0 saturated heterocycles. The molecule has 0 fully saturated rings. The van der Waals surface area contributed by atoms with E-state index in [9.17, 15) is 0 Å². The molecule has 0 heterocycles. The molecule has 0 aliphatic heterocycles. The summed E-state index contributed by atoms with van der Waals surface area (Å²) >= 11 is 0. The minimum atomic E-state index is 0. The zero-order chi connectivity index (χ0) is 0. The third-order valence-electron chi connectivity index (χ3n) is 0. The Morgan fingerprint density at radius 3 is 1.00 bits per heavy atom. The number of rotatable bonds is 0. The molecule has 0 rings (SSSR count). The van der Waals surface area contributed by atoms with Crippen molar-refractivity contribution in [3.05, 3.63) is 0 Å². The van der Waals surface area contributed by atoms with Crippen LogP contribution in [0.15, 0.2) is 0 Å². The maximum atomic E-state index is 0. The van der Waals surface area contributed by atoms with Crippen LogP contribution in [0.5, 0.6) is 0 Å². The molecule has 0 nitrogen and oxygen atoms in total. The molecule has 0 aromatic rings. The largest absolute Gasteiger partial charge is 0.00934 e. The van der Waals surface area contributed by atoms with Crippen molar-refractivity contribution in [3.8, 4) is 0 Å². The molecule has 0 atom stereocenters. The van der Waals surface area contributed by atoms with E-state index in [0.29, 0.717) is 0 Å². The summed E-state index contributed by atoms with van der Waals surface area (Å²) in [5, 5.41) is 0. The smallest absolute Gasteiger partial charge is 0 e. The van der Waals surface area contributed by atoms with Gasteiger partial charge in [-0.25, -0.2) is 0 Å². The molecule has 26 valence electrons. The van der Waals surface area contributed by atoms with Crippen molar-refractivity contribution in [2.45, 2.75) is 0 Å². The molecular weight excluding hydrogens is 232 g/mol. The van der Waals surface area contributed by atoms with E-state index in [-0.39, 0.29) is 66.5 Å². The van der Waals surface area contributed by atoms with Gasteiger partial charge >= 0.3 is 0 Å². The summed E-state index contributed by atoms with van der Waals surface area (Å²) in [6.45, 7) is 0. The molecule has 0 unspecified atom stereocenters. The minimum Gasteiger partial charge on any atom is -0.00934 e. The Labute approximate surface area is 66.0 Å². The van der Waals surface area contributed by atoms with Gasteiger partial charge in [0.15, 0.2) is 0 Å². The van der Waals surface area contributed by atoms with Gasteiger partial charge in [0, 0.05) is 55.5 Å². The average molecular weight is 234 g/mol. The molecular formula is H2CrFeMoSi. The van der Waals surface area contributed by atoms with E-state index in [0.717, 1.165) is 0 Å². The fourth-order valence-corrected chi connectivity index (χ4v) is 0. The molecule has 0 bridgehead atoms. The summed E-state index contributed by atoms with van der Waals surface area (Å²) in [5.74, 6) is 0. The zero-order valence-electron chi connectivity index (χ0n) is 1.88. The monoisotopic (exact) mass is 236 g/mol. The summed E-state index contributed by atoms with van der Waals surface area (Å²) in [7, 11) is 0. The molecule has 0 aromatic heterocycles. The van der Waals surface area contributed by atoms with Crippen molar-refractivity contribution in [3.63, 3.8) is 0 Å². The summed E-state index contributed by atoms with van der Waals surface area (Å²) in [5.41, 5.74) is 0. The predicted molar refractivity (Wildman–Crippen MR) is 8.54 cm³/mol. The minimum absolute atomic E-state index is 0. The molecule has 4 heteroatoms. The van der Waals surface area contributed by atoms with Crippen LogP contribution in [0.4, 0.5) is 0 Å². The van der Waals surface area contributed by atoms with Crippen LogP contribution in [-0.2, 0) is 55.5 Å². The molecule has 0 aliphatic rings. The van der Waals surface area contributed by atoms with Crippen LogP contribution in [0.25, 0.3) is 0 Å². The van der Waals surface area contributed by atoms with Crippen molar-refractivity contribution in [1.29, 1.82) is 0 Å². The topological polar surface area (TPSA) is 0 Å². The molecule has 2 radical (unpaired) electrons. The van der Waals surface area contributed by atoms with E-state index in [2.05, 4.69) is 0 Å². The maximum Gasteiger partial charge on any atom is 0 e. The predicted octanol–water partition coefficient (Wildman–Crippen LogP) is -0.924. The Morgan fingerprint density at radius 1 is 1.00 bits per heavy atom. The van der Waals surface area contributed by atoms with Crippen LogP contribution in [0.1, 0.15) is 0 Å². The van der Waals surface area contributed by atoms with Gasteiger partial charge in [0.2, 0.25) is 0 Å². The van der Waals surface area contributed by atoms with Gasteiger partial charge in [-0.15, -0.1) is 0 Å². The zero-order valence-corrected chi connectivity index (χ0v) is 7.68. The van der Waals surface area contributed by atoms with Gasteiger partial charge in [-0.3, -0.25) is 0 Å². The van der Waals surface area contributed by atoms with E-state index in [4.69, 9.17) is 0 Å². The summed E-state index contributed by atoms with van der Waals surface area (Å²) in [6.07, 6.45) is 0. The van der Waals surface area contributed by atoms with Crippen molar-refractivity contribution < 1.29 is 55.5 Å². The number of hydrogen-bond acceptors (Lipinski definition) is 0. The van der Waals surface area contributed by atoms with Gasteiger partial charge in [-0.2, -0.15) is 0 Å². The third kappa shape index (κ3) is 9.03. The Hall–Kier alpha value is 1.96. The summed E-state index contributed by atoms with van der Waals surface area (Å²) in [6, 6.07) is 0. The maximum absolute atomic E-state index is 0. The van der Waals surface area contributed by atoms with E-state index >= 15 is 0 Å². The van der Waals surface area contributed by atoms with Crippen molar-refractivity contribution in [1.82, 2.24) is 0 Å². The first-order valence-electron chi connectivity index (χ1n) is 0. The standard InChI is InChI=1S/Cr.Fe.Mo.H2Si/h;;;1H2. The van der Waals surface area contributed by atoms with E-state index in [1.165, 1.54) is 0 Å². The van der Waals surface area contributed by atoms with Crippen molar-refractivity contribution >= 4 is 11.0 Å². The molecule has 4 heavy (non-hydrogen) atoms. The third-order valence-corrected chi connectivity index (χ3v) is 0. The van der Waals surface area contributed by atoms with Crippen LogP contribution in [0.3, 0.4) is 0 Å². The van der Waals surface area contributed by atoms with Crippen LogP contribution in [0, 0.1) is 0 Å². The van der Waals surface area contributed by atoms with Crippen LogP contribution >= 0.6 is 0 Å². The Morgan fingerprint density at radius 2 is 1.00 bits per heavy atom. The van der Waals surface area contributed by atoms with E-state index in [1.54, 1.807) is 0 Å². The first-order valence-corrected chi connectivity index (χ1v) is 0.